The summed E-state index contributed by atoms with van der Waals surface area (Å²) in [6.07, 6.45) is 0. The monoisotopic (exact) mass is 343 g/mol. The SMILES string of the molecule is CC(NC(=O)c1cc2ccc(Br)cc2o1)c1ccccc1. The van der Waals surface area contributed by atoms with Crippen molar-refractivity contribution in [2.45, 2.75) is 13.0 Å². The Morgan fingerprint density at radius 3 is 2.67 bits per heavy atom. The summed E-state index contributed by atoms with van der Waals surface area (Å²) in [7, 11) is 0. The first-order chi connectivity index (χ1) is 10.1. The van der Waals surface area contributed by atoms with E-state index in [1.807, 2.05) is 55.5 Å². The van der Waals surface area contributed by atoms with Crippen LogP contribution in [0.2, 0.25) is 0 Å². The maximum Gasteiger partial charge on any atom is 0.287 e. The molecule has 0 spiro atoms. The van der Waals surface area contributed by atoms with E-state index in [1.54, 1.807) is 6.07 Å². The quantitative estimate of drug-likeness (QED) is 0.749. The molecule has 0 saturated heterocycles. The maximum absolute atomic E-state index is 12.3. The van der Waals surface area contributed by atoms with Crippen LogP contribution in [0.1, 0.15) is 29.1 Å². The molecule has 3 aromatic rings. The highest BCUT2D eigenvalue weighted by Gasteiger charge is 2.15. The van der Waals surface area contributed by atoms with Gasteiger partial charge in [0.2, 0.25) is 0 Å². The summed E-state index contributed by atoms with van der Waals surface area (Å²) in [4.78, 5) is 12.3. The van der Waals surface area contributed by atoms with E-state index in [9.17, 15) is 4.79 Å². The smallest absolute Gasteiger partial charge is 0.287 e. The Morgan fingerprint density at radius 1 is 1.14 bits per heavy atom. The van der Waals surface area contributed by atoms with Crippen molar-refractivity contribution in [3.8, 4) is 0 Å². The molecule has 1 heterocycles. The van der Waals surface area contributed by atoms with Gasteiger partial charge < -0.3 is 9.73 Å². The van der Waals surface area contributed by atoms with Gasteiger partial charge in [-0.1, -0.05) is 46.3 Å². The standard InChI is InChI=1S/C17H14BrNO2/c1-11(12-5-3-2-4-6-12)19-17(20)16-9-13-7-8-14(18)10-15(13)21-16/h2-11H,1H3,(H,19,20). The number of benzene rings is 2. The first kappa shape index (κ1) is 13.9. The van der Waals surface area contributed by atoms with E-state index >= 15 is 0 Å². The van der Waals surface area contributed by atoms with E-state index < -0.39 is 0 Å². The maximum atomic E-state index is 12.3. The number of hydrogen-bond acceptors (Lipinski definition) is 2. The highest BCUT2D eigenvalue weighted by molar-refractivity contribution is 9.10. The molecule has 1 aromatic heterocycles. The second kappa shape index (κ2) is 5.74. The minimum atomic E-state index is -0.210. The van der Waals surface area contributed by atoms with E-state index in [4.69, 9.17) is 4.42 Å². The van der Waals surface area contributed by atoms with Gasteiger partial charge in [-0.3, -0.25) is 4.79 Å². The molecule has 0 aliphatic carbocycles. The fraction of sp³-hybridized carbons (Fsp3) is 0.118. The number of furan rings is 1. The average molecular weight is 344 g/mol. The van der Waals surface area contributed by atoms with E-state index in [0.717, 1.165) is 15.4 Å². The van der Waals surface area contributed by atoms with Gasteiger partial charge in [-0.15, -0.1) is 0 Å². The summed E-state index contributed by atoms with van der Waals surface area (Å²) in [5, 5.41) is 3.86. The molecule has 2 aromatic carbocycles. The van der Waals surface area contributed by atoms with Gasteiger partial charge in [0.1, 0.15) is 5.58 Å². The zero-order chi connectivity index (χ0) is 14.8. The highest BCUT2D eigenvalue weighted by Crippen LogP contribution is 2.23. The number of rotatable bonds is 3. The van der Waals surface area contributed by atoms with Crippen LogP contribution in [0.4, 0.5) is 0 Å². The van der Waals surface area contributed by atoms with Crippen molar-refractivity contribution in [3.63, 3.8) is 0 Å². The van der Waals surface area contributed by atoms with Crippen molar-refractivity contribution in [3.05, 3.63) is 70.4 Å². The van der Waals surface area contributed by atoms with Crippen LogP contribution in [0.25, 0.3) is 11.0 Å². The van der Waals surface area contributed by atoms with Gasteiger partial charge in [-0.2, -0.15) is 0 Å². The fourth-order valence-electron chi connectivity index (χ4n) is 2.21. The van der Waals surface area contributed by atoms with Crippen LogP contribution in [0.15, 0.2) is 63.5 Å². The van der Waals surface area contributed by atoms with Crippen LogP contribution < -0.4 is 5.32 Å². The zero-order valence-electron chi connectivity index (χ0n) is 11.5. The average Bonchev–Trinajstić information content (AvgIpc) is 2.91. The van der Waals surface area contributed by atoms with Crippen LogP contribution in [0.5, 0.6) is 0 Å². The number of amides is 1. The minimum Gasteiger partial charge on any atom is -0.451 e. The van der Waals surface area contributed by atoms with Gasteiger partial charge >= 0.3 is 0 Å². The Hall–Kier alpha value is -2.07. The van der Waals surface area contributed by atoms with Crippen LogP contribution in [-0.2, 0) is 0 Å². The van der Waals surface area contributed by atoms with Crippen molar-refractivity contribution >= 4 is 32.8 Å². The molecule has 106 valence electrons. The molecule has 0 aliphatic rings. The zero-order valence-corrected chi connectivity index (χ0v) is 13.1. The minimum absolute atomic E-state index is 0.0707. The Kier molecular flexibility index (Phi) is 3.80. The molecule has 1 amide bonds. The first-order valence-electron chi connectivity index (χ1n) is 6.68. The van der Waals surface area contributed by atoms with E-state index in [1.165, 1.54) is 0 Å². The second-order valence-corrected chi connectivity index (χ2v) is 5.81. The summed E-state index contributed by atoms with van der Waals surface area (Å²) in [5.74, 6) is 0.115. The van der Waals surface area contributed by atoms with Gasteiger partial charge in [0, 0.05) is 9.86 Å². The molecular formula is C17H14BrNO2. The number of hydrogen-bond donors (Lipinski definition) is 1. The van der Waals surface area contributed by atoms with E-state index in [-0.39, 0.29) is 11.9 Å². The van der Waals surface area contributed by atoms with Crippen molar-refractivity contribution in [2.75, 3.05) is 0 Å². The summed E-state index contributed by atoms with van der Waals surface area (Å²) in [6, 6.07) is 17.2. The molecule has 0 bridgehead atoms. The van der Waals surface area contributed by atoms with Crippen LogP contribution >= 0.6 is 15.9 Å². The number of nitrogens with one attached hydrogen (secondary N) is 1. The lowest BCUT2D eigenvalue weighted by Gasteiger charge is -2.12. The lowest BCUT2D eigenvalue weighted by molar-refractivity contribution is 0.0914. The van der Waals surface area contributed by atoms with Gasteiger partial charge in [-0.25, -0.2) is 0 Å². The van der Waals surface area contributed by atoms with Crippen LogP contribution in [-0.4, -0.2) is 5.91 Å². The third kappa shape index (κ3) is 3.00. The number of carbonyl (C=O) groups excluding carboxylic acids is 1. The predicted molar refractivity (Wildman–Crippen MR) is 86.2 cm³/mol. The van der Waals surface area contributed by atoms with Crippen molar-refractivity contribution in [1.29, 1.82) is 0 Å². The molecule has 3 rings (SSSR count). The Bertz CT molecular complexity index is 780. The molecule has 1 N–H and O–H groups in total. The van der Waals surface area contributed by atoms with Gasteiger partial charge in [-0.05, 0) is 36.8 Å². The molecule has 21 heavy (non-hydrogen) atoms. The van der Waals surface area contributed by atoms with E-state index in [2.05, 4.69) is 21.2 Å². The van der Waals surface area contributed by atoms with Crippen LogP contribution in [0, 0.1) is 0 Å². The second-order valence-electron chi connectivity index (χ2n) is 4.90. The summed E-state index contributed by atoms with van der Waals surface area (Å²) >= 11 is 3.39. The van der Waals surface area contributed by atoms with Crippen molar-refractivity contribution in [2.24, 2.45) is 0 Å². The van der Waals surface area contributed by atoms with Crippen LogP contribution in [0.3, 0.4) is 0 Å². The largest absolute Gasteiger partial charge is 0.451 e. The lowest BCUT2D eigenvalue weighted by atomic mass is 10.1. The molecule has 3 nitrogen and oxygen atoms in total. The lowest BCUT2D eigenvalue weighted by Crippen LogP contribution is -2.26. The molecule has 0 radical (unpaired) electrons. The molecule has 0 fully saturated rings. The summed E-state index contributed by atoms with van der Waals surface area (Å²) in [5.41, 5.74) is 1.76. The van der Waals surface area contributed by atoms with Crippen molar-refractivity contribution < 1.29 is 9.21 Å². The topological polar surface area (TPSA) is 42.2 Å². The van der Waals surface area contributed by atoms with E-state index in [0.29, 0.717) is 11.3 Å². The molecular weight excluding hydrogens is 330 g/mol. The third-order valence-corrected chi connectivity index (χ3v) is 3.85. The molecule has 4 heteroatoms. The number of halogens is 1. The molecule has 0 aliphatic heterocycles. The molecule has 1 atom stereocenters. The Morgan fingerprint density at radius 2 is 1.90 bits per heavy atom. The first-order valence-corrected chi connectivity index (χ1v) is 7.48. The van der Waals surface area contributed by atoms with Gasteiger partial charge in [0.15, 0.2) is 5.76 Å². The summed E-state index contributed by atoms with van der Waals surface area (Å²) in [6.45, 7) is 1.95. The van der Waals surface area contributed by atoms with Gasteiger partial charge in [0.05, 0.1) is 6.04 Å². The Balaban J connectivity index is 1.80. The fourth-order valence-corrected chi connectivity index (χ4v) is 2.55. The normalized spacial score (nSPS) is 12.3. The van der Waals surface area contributed by atoms with Crippen molar-refractivity contribution in [1.82, 2.24) is 5.32 Å². The Labute approximate surface area is 131 Å². The summed E-state index contributed by atoms with van der Waals surface area (Å²) < 4.78 is 6.53. The molecule has 1 unspecified atom stereocenters. The predicted octanol–water partition coefficient (Wildman–Crippen LogP) is 4.69. The number of carbonyl (C=O) groups is 1. The molecule has 0 saturated carbocycles. The third-order valence-electron chi connectivity index (χ3n) is 3.35. The number of fused-ring (bicyclic) bond motifs is 1. The highest BCUT2D eigenvalue weighted by atomic mass is 79.9. The van der Waals surface area contributed by atoms with Gasteiger partial charge in [0.25, 0.3) is 5.91 Å².